The van der Waals surface area contributed by atoms with Gasteiger partial charge in [0.15, 0.2) is 0 Å². The highest BCUT2D eigenvalue weighted by atomic mass is 35.5. The first-order chi connectivity index (χ1) is 16.9. The second-order valence-corrected chi connectivity index (χ2v) is 12.8. The van der Waals surface area contributed by atoms with Crippen LogP contribution in [0.5, 0.6) is 5.75 Å². The molecule has 1 aliphatic rings. The van der Waals surface area contributed by atoms with Crippen LogP contribution < -0.4 is 14.8 Å². The minimum absolute atomic E-state index is 0.0242. The Kier molecular flexibility index (Phi) is 12.6. The molecular formula is C24H36Cl3N3O5S. The summed E-state index contributed by atoms with van der Waals surface area (Å²) in [5.74, 6) is -0.0820. The molecule has 0 radical (unpaired) electrons. The highest BCUT2D eigenvalue weighted by molar-refractivity contribution is 7.90. The lowest BCUT2D eigenvalue weighted by atomic mass is 9.85. The van der Waals surface area contributed by atoms with Gasteiger partial charge in [0, 0.05) is 42.6 Å². The number of carbonyl (C=O) groups is 1. The maximum Gasteiger partial charge on any atom is 0.235 e. The lowest BCUT2D eigenvalue weighted by molar-refractivity contribution is -0.121. The zero-order valence-corrected chi connectivity index (χ0v) is 23.9. The fourth-order valence-electron chi connectivity index (χ4n) is 3.90. The summed E-state index contributed by atoms with van der Waals surface area (Å²) in [5.41, 5.74) is 0.742. The molecule has 0 bridgehead atoms. The number of carbonyl (C=O) groups excluding carboxylic acids is 1. The number of piperidine rings is 1. The molecule has 8 nitrogen and oxygen atoms in total. The summed E-state index contributed by atoms with van der Waals surface area (Å²) in [6, 6.07) is 3.03. The number of hydrogen-bond acceptors (Lipinski definition) is 7. The number of aliphatic hydroxyl groups is 2. The number of amides is 1. The molecule has 1 aromatic rings. The Hall–Kier alpha value is -0.750. The van der Waals surface area contributed by atoms with Crippen LogP contribution in [0.3, 0.4) is 0 Å². The number of ether oxygens (including phenoxy) is 1. The molecule has 4 atom stereocenters. The molecule has 204 valence electrons. The molecule has 1 heterocycles. The van der Waals surface area contributed by atoms with Crippen molar-refractivity contribution in [2.24, 2.45) is 5.92 Å². The summed E-state index contributed by atoms with van der Waals surface area (Å²) >= 11 is 16.7. The van der Waals surface area contributed by atoms with Crippen molar-refractivity contribution in [3.05, 3.63) is 40.4 Å². The van der Waals surface area contributed by atoms with E-state index < -0.39 is 34.3 Å². The Balaban J connectivity index is 2.24. The fourth-order valence-corrected chi connectivity index (χ4v) is 5.22. The van der Waals surface area contributed by atoms with E-state index in [-0.39, 0.29) is 31.0 Å². The number of halogens is 3. The van der Waals surface area contributed by atoms with Crippen molar-refractivity contribution in [1.82, 2.24) is 14.9 Å². The molecule has 1 saturated heterocycles. The summed E-state index contributed by atoms with van der Waals surface area (Å²) in [6.07, 6.45) is 0.594. The van der Waals surface area contributed by atoms with Crippen LogP contribution in [-0.2, 0) is 16.2 Å². The average molecular weight is 585 g/mol. The van der Waals surface area contributed by atoms with Gasteiger partial charge in [-0.15, -0.1) is 16.3 Å². The van der Waals surface area contributed by atoms with E-state index in [0.717, 1.165) is 5.56 Å². The third-order valence-electron chi connectivity index (χ3n) is 5.93. The molecule has 1 fully saturated rings. The molecular weight excluding hydrogens is 549 g/mol. The average Bonchev–Trinajstić information content (AvgIpc) is 2.85. The number of nitrogens with zero attached hydrogens (tertiary/aromatic N) is 1. The number of hydrogen-bond donors (Lipinski definition) is 4. The van der Waals surface area contributed by atoms with Crippen LogP contribution in [-0.4, -0.2) is 74.8 Å². The summed E-state index contributed by atoms with van der Waals surface area (Å²) in [7, 11) is 0. The zero-order chi connectivity index (χ0) is 27.0. The van der Waals surface area contributed by atoms with Crippen molar-refractivity contribution in [1.29, 1.82) is 0 Å². The third kappa shape index (κ3) is 8.92. The van der Waals surface area contributed by atoms with E-state index in [1.165, 1.54) is 0 Å². The molecule has 0 aromatic heterocycles. The first-order valence-electron chi connectivity index (χ1n) is 11.7. The van der Waals surface area contributed by atoms with Gasteiger partial charge in [-0.3, -0.25) is 9.69 Å². The van der Waals surface area contributed by atoms with Crippen LogP contribution >= 0.6 is 34.8 Å². The Bertz CT molecular complexity index is 881. The van der Waals surface area contributed by atoms with Crippen LogP contribution in [0, 0.1) is 5.92 Å². The number of benzene rings is 1. The monoisotopic (exact) mass is 583 g/mol. The van der Waals surface area contributed by atoms with E-state index in [1.54, 1.807) is 23.1 Å². The van der Waals surface area contributed by atoms with Crippen LogP contribution in [0.2, 0.25) is 10.0 Å². The van der Waals surface area contributed by atoms with Gasteiger partial charge < -0.3 is 24.8 Å². The SMILES string of the molecule is C=CCOc1cc(Cl)c(Cl)cc1[C@H](N[S+]([O-])C(C)(C)C)C1CCN(C(O)[C@@H](O)CNC(=O)CCl)CC1. The fraction of sp³-hybridized carbons (Fsp3) is 0.625. The highest BCUT2D eigenvalue weighted by Gasteiger charge is 2.38. The normalized spacial score (nSPS) is 18.8. The number of rotatable bonds is 12. The first-order valence-corrected chi connectivity index (χ1v) is 14.2. The number of nitrogens with one attached hydrogen (secondary N) is 2. The zero-order valence-electron chi connectivity index (χ0n) is 20.8. The minimum atomic E-state index is -1.38. The van der Waals surface area contributed by atoms with Crippen molar-refractivity contribution >= 4 is 52.1 Å². The Labute approximate surface area is 231 Å². The van der Waals surface area contributed by atoms with Gasteiger partial charge in [-0.1, -0.05) is 35.9 Å². The quantitative estimate of drug-likeness (QED) is 0.169. The standard InChI is InChI=1S/C24H36Cl3N3O5S/c1-5-10-35-20-12-18(27)17(26)11-16(20)22(29-36(34)24(2,3)4)15-6-8-30(9-7-15)23(33)19(31)14-28-21(32)13-25/h5,11-12,15,19,22-23,29,31,33H,1,6-10,13-14H2,2-4H3,(H,28,32)/t19-,22+,23?,36?/m0/s1. The van der Waals surface area contributed by atoms with E-state index in [0.29, 0.717) is 41.7 Å². The molecule has 1 aliphatic heterocycles. The van der Waals surface area contributed by atoms with Crippen LogP contribution in [0.4, 0.5) is 0 Å². The van der Waals surface area contributed by atoms with E-state index in [1.807, 2.05) is 20.8 Å². The summed E-state index contributed by atoms with van der Waals surface area (Å²) in [6.45, 7) is 10.5. The second kappa shape index (κ2) is 14.4. The molecule has 0 aliphatic carbocycles. The van der Waals surface area contributed by atoms with E-state index in [9.17, 15) is 19.6 Å². The Morgan fingerprint density at radius 2 is 1.92 bits per heavy atom. The lowest BCUT2D eigenvalue weighted by Crippen LogP contribution is -2.52. The summed E-state index contributed by atoms with van der Waals surface area (Å²) in [5, 5.41) is 24.1. The highest BCUT2D eigenvalue weighted by Crippen LogP contribution is 2.41. The van der Waals surface area contributed by atoms with E-state index in [4.69, 9.17) is 39.5 Å². The molecule has 4 N–H and O–H groups in total. The molecule has 12 heteroatoms. The molecule has 0 saturated carbocycles. The maximum atomic E-state index is 13.1. The van der Waals surface area contributed by atoms with Crippen molar-refractivity contribution < 1.29 is 24.3 Å². The van der Waals surface area contributed by atoms with Gasteiger partial charge in [0.2, 0.25) is 5.91 Å². The van der Waals surface area contributed by atoms with Crippen LogP contribution in [0.1, 0.15) is 45.2 Å². The predicted octanol–water partition coefficient (Wildman–Crippen LogP) is 3.40. The topological polar surface area (TPSA) is 117 Å². The van der Waals surface area contributed by atoms with Gasteiger partial charge >= 0.3 is 0 Å². The van der Waals surface area contributed by atoms with Crippen molar-refractivity contribution in [2.45, 2.75) is 56.7 Å². The summed E-state index contributed by atoms with van der Waals surface area (Å²) < 4.78 is 21.8. The molecule has 2 unspecified atom stereocenters. The molecule has 2 rings (SSSR count). The first kappa shape index (κ1) is 31.5. The maximum absolute atomic E-state index is 13.1. The van der Waals surface area contributed by atoms with E-state index in [2.05, 4.69) is 16.6 Å². The number of aliphatic hydroxyl groups excluding tert-OH is 2. The van der Waals surface area contributed by atoms with Gasteiger partial charge in [-0.2, -0.15) is 0 Å². The van der Waals surface area contributed by atoms with Crippen molar-refractivity contribution in [3.8, 4) is 5.75 Å². The van der Waals surface area contributed by atoms with Gasteiger partial charge in [0.1, 0.15) is 35.3 Å². The van der Waals surface area contributed by atoms with Crippen molar-refractivity contribution in [3.63, 3.8) is 0 Å². The number of alkyl halides is 1. The Morgan fingerprint density at radius 3 is 2.47 bits per heavy atom. The largest absolute Gasteiger partial charge is 0.598 e. The third-order valence-corrected chi connectivity index (χ3v) is 8.47. The van der Waals surface area contributed by atoms with Gasteiger partial charge in [0.05, 0.1) is 16.1 Å². The number of likely N-dealkylation sites (tertiary alicyclic amines) is 1. The van der Waals surface area contributed by atoms with E-state index >= 15 is 0 Å². The smallest absolute Gasteiger partial charge is 0.235 e. The second-order valence-electron chi connectivity index (χ2n) is 9.67. The van der Waals surface area contributed by atoms with Gasteiger partial charge in [-0.05, 0) is 45.6 Å². The van der Waals surface area contributed by atoms with Crippen LogP contribution in [0.15, 0.2) is 24.8 Å². The van der Waals surface area contributed by atoms with Gasteiger partial charge in [0.25, 0.3) is 0 Å². The minimum Gasteiger partial charge on any atom is -0.598 e. The predicted molar refractivity (Wildman–Crippen MR) is 146 cm³/mol. The molecule has 1 aromatic carbocycles. The molecule has 1 amide bonds. The van der Waals surface area contributed by atoms with Gasteiger partial charge in [-0.25, -0.2) is 0 Å². The lowest BCUT2D eigenvalue weighted by Gasteiger charge is -2.40. The van der Waals surface area contributed by atoms with Crippen LogP contribution in [0.25, 0.3) is 0 Å². The van der Waals surface area contributed by atoms with Crippen molar-refractivity contribution in [2.75, 3.05) is 32.1 Å². The summed E-state index contributed by atoms with van der Waals surface area (Å²) in [4.78, 5) is 13.1. The Morgan fingerprint density at radius 1 is 1.31 bits per heavy atom. The molecule has 36 heavy (non-hydrogen) atoms. The molecule has 0 spiro atoms.